The van der Waals surface area contributed by atoms with Gasteiger partial charge in [-0.3, -0.25) is 10.8 Å². The van der Waals surface area contributed by atoms with Gasteiger partial charge in [-0.25, -0.2) is 5.43 Å². The summed E-state index contributed by atoms with van der Waals surface area (Å²) < 4.78 is 0.864. The Morgan fingerprint density at radius 3 is 2.76 bits per heavy atom. The lowest BCUT2D eigenvalue weighted by Gasteiger charge is -2.19. The highest BCUT2D eigenvalue weighted by Gasteiger charge is 2.16. The first kappa shape index (κ1) is 14.5. The summed E-state index contributed by atoms with van der Waals surface area (Å²) in [6.07, 6.45) is 1.79. The van der Waals surface area contributed by atoms with Gasteiger partial charge in [-0.1, -0.05) is 35.9 Å². The minimum absolute atomic E-state index is 0.150. The van der Waals surface area contributed by atoms with Crippen LogP contribution in [0.3, 0.4) is 0 Å². The zero-order valence-electron chi connectivity index (χ0n) is 11.1. The molecule has 0 radical (unpaired) electrons. The number of halogens is 2. The Bertz CT molecular complexity index is 786. The van der Waals surface area contributed by atoms with Crippen molar-refractivity contribution in [2.24, 2.45) is 5.84 Å². The molecule has 0 aliphatic carbocycles. The van der Waals surface area contributed by atoms with E-state index in [9.17, 15) is 0 Å². The van der Waals surface area contributed by atoms with E-state index in [1.54, 1.807) is 6.20 Å². The molecular formula is C16H13BrClN3. The summed E-state index contributed by atoms with van der Waals surface area (Å²) in [7, 11) is 0. The van der Waals surface area contributed by atoms with Gasteiger partial charge in [-0.15, -0.1) is 0 Å². The van der Waals surface area contributed by atoms with Gasteiger partial charge >= 0.3 is 0 Å². The number of pyridine rings is 1. The zero-order valence-corrected chi connectivity index (χ0v) is 13.4. The topological polar surface area (TPSA) is 50.9 Å². The Morgan fingerprint density at radius 2 is 2.00 bits per heavy atom. The van der Waals surface area contributed by atoms with E-state index >= 15 is 0 Å². The molecule has 1 heterocycles. The van der Waals surface area contributed by atoms with Crippen molar-refractivity contribution in [2.45, 2.75) is 6.04 Å². The third-order valence-corrected chi connectivity index (χ3v) is 4.67. The first-order chi connectivity index (χ1) is 10.2. The summed E-state index contributed by atoms with van der Waals surface area (Å²) in [6.45, 7) is 0. The molecule has 0 saturated heterocycles. The Labute approximate surface area is 136 Å². The van der Waals surface area contributed by atoms with Gasteiger partial charge in [0, 0.05) is 16.1 Å². The smallest absolute Gasteiger partial charge is 0.0717 e. The molecule has 2 aromatic carbocycles. The van der Waals surface area contributed by atoms with E-state index in [4.69, 9.17) is 17.4 Å². The number of fused-ring (bicyclic) bond motifs is 1. The Kier molecular flexibility index (Phi) is 4.22. The summed E-state index contributed by atoms with van der Waals surface area (Å²) in [5.74, 6) is 5.79. The molecule has 0 aliphatic heterocycles. The largest absolute Gasteiger partial charge is 0.271 e. The molecular weight excluding hydrogens is 350 g/mol. The van der Waals surface area contributed by atoms with Crippen molar-refractivity contribution in [3.05, 3.63) is 75.4 Å². The zero-order chi connectivity index (χ0) is 14.8. The van der Waals surface area contributed by atoms with Gasteiger partial charge in [0.2, 0.25) is 0 Å². The number of nitrogens with one attached hydrogen (secondary N) is 1. The Hall–Kier alpha value is -1.46. The molecule has 1 atom stereocenters. The number of hydrogen-bond acceptors (Lipinski definition) is 3. The van der Waals surface area contributed by atoms with E-state index in [1.807, 2.05) is 48.5 Å². The van der Waals surface area contributed by atoms with Crippen molar-refractivity contribution < 1.29 is 0 Å². The Balaban J connectivity index is 2.16. The summed E-state index contributed by atoms with van der Waals surface area (Å²) in [4.78, 5) is 4.38. The highest BCUT2D eigenvalue weighted by atomic mass is 79.9. The second-order valence-electron chi connectivity index (χ2n) is 4.69. The Morgan fingerprint density at radius 1 is 1.14 bits per heavy atom. The van der Waals surface area contributed by atoms with Crippen LogP contribution >= 0.6 is 27.5 Å². The van der Waals surface area contributed by atoms with Gasteiger partial charge in [0.1, 0.15) is 0 Å². The van der Waals surface area contributed by atoms with Crippen molar-refractivity contribution >= 4 is 38.4 Å². The van der Waals surface area contributed by atoms with E-state index in [1.165, 1.54) is 0 Å². The van der Waals surface area contributed by atoms with Gasteiger partial charge in [0.15, 0.2) is 0 Å². The van der Waals surface area contributed by atoms with E-state index in [0.29, 0.717) is 5.02 Å². The lowest BCUT2D eigenvalue weighted by atomic mass is 9.96. The third-order valence-electron chi connectivity index (χ3n) is 3.43. The molecule has 3 rings (SSSR count). The van der Waals surface area contributed by atoms with Crippen LogP contribution in [0.1, 0.15) is 17.2 Å². The number of nitrogens with two attached hydrogens (primary N) is 1. The molecule has 5 heteroatoms. The van der Waals surface area contributed by atoms with Gasteiger partial charge in [-0.05, 0) is 51.3 Å². The first-order valence-corrected chi connectivity index (χ1v) is 7.62. The van der Waals surface area contributed by atoms with E-state index in [0.717, 1.165) is 26.5 Å². The molecule has 1 unspecified atom stereocenters. The maximum absolute atomic E-state index is 6.19. The molecule has 0 spiro atoms. The van der Waals surface area contributed by atoms with Crippen molar-refractivity contribution in [3.8, 4) is 0 Å². The predicted octanol–water partition coefficient (Wildman–Crippen LogP) is 4.20. The van der Waals surface area contributed by atoms with Crippen LogP contribution in [0.4, 0.5) is 0 Å². The fourth-order valence-electron chi connectivity index (χ4n) is 2.44. The maximum Gasteiger partial charge on any atom is 0.0717 e. The maximum atomic E-state index is 6.19. The summed E-state index contributed by atoms with van der Waals surface area (Å²) in [5, 5.41) is 1.73. The second-order valence-corrected chi connectivity index (χ2v) is 5.95. The minimum atomic E-state index is -0.150. The van der Waals surface area contributed by atoms with Crippen molar-refractivity contribution in [1.82, 2.24) is 10.4 Å². The molecule has 0 fully saturated rings. The van der Waals surface area contributed by atoms with Crippen LogP contribution in [0.15, 0.2) is 59.2 Å². The summed E-state index contributed by atoms with van der Waals surface area (Å²) in [5.41, 5.74) is 5.89. The summed E-state index contributed by atoms with van der Waals surface area (Å²) >= 11 is 9.60. The quantitative estimate of drug-likeness (QED) is 0.542. The van der Waals surface area contributed by atoms with E-state index in [-0.39, 0.29) is 6.04 Å². The number of benzene rings is 2. The number of aromatic nitrogens is 1. The van der Waals surface area contributed by atoms with Crippen LogP contribution in [0.2, 0.25) is 5.02 Å². The number of hydrogen-bond donors (Lipinski definition) is 2. The SMILES string of the molecule is NNC(c1ccc(Br)c(Cl)c1)c1cccc2ncccc12. The molecule has 0 saturated carbocycles. The fourth-order valence-corrected chi connectivity index (χ4v) is 2.87. The van der Waals surface area contributed by atoms with Gasteiger partial charge < -0.3 is 0 Å². The van der Waals surface area contributed by atoms with Crippen molar-refractivity contribution in [3.63, 3.8) is 0 Å². The average molecular weight is 363 g/mol. The van der Waals surface area contributed by atoms with Gasteiger partial charge in [-0.2, -0.15) is 0 Å². The number of hydrazine groups is 1. The van der Waals surface area contributed by atoms with Crippen LogP contribution in [-0.4, -0.2) is 4.98 Å². The van der Waals surface area contributed by atoms with Crippen LogP contribution in [0.25, 0.3) is 10.9 Å². The molecule has 0 amide bonds. The normalized spacial score (nSPS) is 12.5. The lowest BCUT2D eigenvalue weighted by Crippen LogP contribution is -2.29. The first-order valence-electron chi connectivity index (χ1n) is 6.45. The van der Waals surface area contributed by atoms with Crippen molar-refractivity contribution in [1.29, 1.82) is 0 Å². The molecule has 0 aliphatic rings. The highest BCUT2D eigenvalue weighted by Crippen LogP contribution is 2.31. The minimum Gasteiger partial charge on any atom is -0.271 e. The molecule has 3 aromatic rings. The second kappa shape index (κ2) is 6.12. The van der Waals surface area contributed by atoms with Crippen LogP contribution in [0.5, 0.6) is 0 Å². The average Bonchev–Trinajstić information content (AvgIpc) is 2.52. The standard InChI is InChI=1S/C16H13BrClN3/c17-13-7-6-10(9-14(13)18)16(21-19)12-3-1-5-15-11(12)4-2-8-20-15/h1-9,16,21H,19H2. The van der Waals surface area contributed by atoms with Gasteiger partial charge in [0.25, 0.3) is 0 Å². The lowest BCUT2D eigenvalue weighted by molar-refractivity contribution is 0.641. The molecule has 106 valence electrons. The monoisotopic (exact) mass is 361 g/mol. The van der Waals surface area contributed by atoms with E-state index < -0.39 is 0 Å². The van der Waals surface area contributed by atoms with E-state index in [2.05, 4.69) is 26.3 Å². The molecule has 3 N–H and O–H groups in total. The molecule has 3 nitrogen and oxygen atoms in total. The molecule has 0 bridgehead atoms. The van der Waals surface area contributed by atoms with Crippen molar-refractivity contribution in [2.75, 3.05) is 0 Å². The molecule has 21 heavy (non-hydrogen) atoms. The summed E-state index contributed by atoms with van der Waals surface area (Å²) in [6, 6.07) is 15.7. The third kappa shape index (κ3) is 2.80. The van der Waals surface area contributed by atoms with Gasteiger partial charge in [0.05, 0.1) is 16.6 Å². The highest BCUT2D eigenvalue weighted by molar-refractivity contribution is 9.10. The number of nitrogens with zero attached hydrogens (tertiary/aromatic N) is 1. The number of rotatable bonds is 3. The van der Waals surface area contributed by atoms with Crippen LogP contribution in [0, 0.1) is 0 Å². The predicted molar refractivity (Wildman–Crippen MR) is 90.1 cm³/mol. The fraction of sp³-hybridized carbons (Fsp3) is 0.0625. The van der Waals surface area contributed by atoms with Crippen LogP contribution < -0.4 is 11.3 Å². The van der Waals surface area contributed by atoms with Crippen LogP contribution in [-0.2, 0) is 0 Å². The molecule has 1 aromatic heterocycles.